The van der Waals surface area contributed by atoms with E-state index in [2.05, 4.69) is 24.9 Å². The van der Waals surface area contributed by atoms with E-state index >= 15 is 0 Å². The van der Waals surface area contributed by atoms with E-state index < -0.39 is 11.7 Å². The fourth-order valence-electron chi connectivity index (χ4n) is 3.67. The molecular weight excluding hydrogens is 397 g/mol. The Hall–Kier alpha value is -3.68. The summed E-state index contributed by atoms with van der Waals surface area (Å²) < 4.78 is 20.2. The van der Waals surface area contributed by atoms with Gasteiger partial charge in [0.1, 0.15) is 12.0 Å². The monoisotopic (exact) mass is 417 g/mol. The number of ketones is 1. The van der Waals surface area contributed by atoms with Crippen LogP contribution in [0.25, 0.3) is 11.0 Å². The van der Waals surface area contributed by atoms with Gasteiger partial charge in [0.05, 0.1) is 28.8 Å². The molecule has 0 bridgehead atoms. The van der Waals surface area contributed by atoms with Gasteiger partial charge in [-0.1, -0.05) is 6.07 Å². The van der Waals surface area contributed by atoms with Crippen molar-refractivity contribution in [3.8, 4) is 5.88 Å². The lowest BCUT2D eigenvalue weighted by atomic mass is 10.0. The Balaban J connectivity index is 1.41. The van der Waals surface area contributed by atoms with Crippen LogP contribution in [0.1, 0.15) is 58.6 Å². The second-order valence-electron chi connectivity index (χ2n) is 7.54. The van der Waals surface area contributed by atoms with Crippen LogP contribution in [0.15, 0.2) is 43.0 Å². The molecule has 0 atom stereocenters. The zero-order valence-electron chi connectivity index (χ0n) is 16.9. The summed E-state index contributed by atoms with van der Waals surface area (Å²) >= 11 is 0. The molecule has 4 aromatic rings. The lowest BCUT2D eigenvalue weighted by Crippen LogP contribution is -2.08. The van der Waals surface area contributed by atoms with Crippen molar-refractivity contribution in [2.45, 2.75) is 32.1 Å². The number of nitrogens with one attached hydrogen (secondary N) is 1. The van der Waals surface area contributed by atoms with E-state index in [0.717, 1.165) is 24.1 Å². The van der Waals surface area contributed by atoms with Crippen molar-refractivity contribution < 1.29 is 13.9 Å². The van der Waals surface area contributed by atoms with Gasteiger partial charge in [-0.05, 0) is 37.5 Å². The van der Waals surface area contributed by atoms with Gasteiger partial charge in [-0.15, -0.1) is 0 Å². The molecule has 1 fully saturated rings. The number of pyridine rings is 2. The van der Waals surface area contributed by atoms with E-state index in [4.69, 9.17) is 4.74 Å². The van der Waals surface area contributed by atoms with Crippen molar-refractivity contribution in [2.24, 2.45) is 0 Å². The third kappa shape index (κ3) is 3.76. The first kappa shape index (κ1) is 19.3. The second-order valence-corrected chi connectivity index (χ2v) is 7.54. The number of hydrogen-bond acceptors (Lipinski definition) is 6. The van der Waals surface area contributed by atoms with Crippen molar-refractivity contribution in [1.29, 1.82) is 0 Å². The third-order valence-corrected chi connectivity index (χ3v) is 5.33. The maximum Gasteiger partial charge on any atom is 0.224 e. The highest BCUT2D eigenvalue weighted by Crippen LogP contribution is 2.42. The minimum absolute atomic E-state index is 0.0694. The molecular formula is C23H20FN5O2. The Labute approximate surface area is 177 Å². The molecule has 4 aromatic heterocycles. The number of halogens is 1. The standard InChI is InChI=1S/C23H20FN5O2/c1-2-31-18-8-3-13(10-25-18)9-15-6-7-16(22(24)29-15)21(30)17-11-26-23-19(17)20(14-4-5-14)27-12-28-23/h3,6-8,10-12,14H,2,4-5,9H2,1H3,(H,26,27,28). The molecule has 1 aliphatic carbocycles. The topological polar surface area (TPSA) is 93.7 Å². The SMILES string of the molecule is CCOc1ccc(Cc2ccc(C(=O)c3c[nH]c4ncnc(C5CC5)c34)c(F)n2)cn1. The summed E-state index contributed by atoms with van der Waals surface area (Å²) in [5.41, 5.74) is 3.13. The summed E-state index contributed by atoms with van der Waals surface area (Å²) in [6, 6.07) is 6.78. The van der Waals surface area contributed by atoms with Gasteiger partial charge >= 0.3 is 0 Å². The number of rotatable bonds is 7. The molecule has 0 aliphatic heterocycles. The molecule has 31 heavy (non-hydrogen) atoms. The number of fused-ring (bicyclic) bond motifs is 1. The van der Waals surface area contributed by atoms with Crippen LogP contribution in [0, 0.1) is 5.95 Å². The number of H-pyrrole nitrogens is 1. The largest absolute Gasteiger partial charge is 0.478 e. The van der Waals surface area contributed by atoms with Crippen LogP contribution in [0.2, 0.25) is 0 Å². The van der Waals surface area contributed by atoms with Crippen molar-refractivity contribution in [1.82, 2.24) is 24.9 Å². The summed E-state index contributed by atoms with van der Waals surface area (Å²) in [6.45, 7) is 2.43. The predicted molar refractivity (Wildman–Crippen MR) is 112 cm³/mol. The van der Waals surface area contributed by atoms with Gasteiger partial charge in [0.2, 0.25) is 11.8 Å². The molecule has 5 rings (SSSR count). The summed E-state index contributed by atoms with van der Waals surface area (Å²) in [4.78, 5) is 32.9. The van der Waals surface area contributed by atoms with Crippen molar-refractivity contribution in [3.63, 3.8) is 0 Å². The van der Waals surface area contributed by atoms with Gasteiger partial charge in [-0.2, -0.15) is 4.39 Å². The zero-order valence-corrected chi connectivity index (χ0v) is 16.9. The van der Waals surface area contributed by atoms with Gasteiger partial charge in [0.15, 0.2) is 5.78 Å². The van der Waals surface area contributed by atoms with Gasteiger partial charge < -0.3 is 9.72 Å². The Kier molecular flexibility index (Phi) is 4.89. The number of carbonyl (C=O) groups is 1. The summed E-state index contributed by atoms with van der Waals surface area (Å²) in [5, 5.41) is 0.680. The molecule has 7 nitrogen and oxygen atoms in total. The van der Waals surface area contributed by atoms with E-state index in [1.54, 1.807) is 24.5 Å². The normalized spacial score (nSPS) is 13.5. The van der Waals surface area contributed by atoms with Crippen LogP contribution in [0.4, 0.5) is 4.39 Å². The van der Waals surface area contributed by atoms with Gasteiger partial charge in [0, 0.05) is 36.5 Å². The Morgan fingerprint density at radius 2 is 2.03 bits per heavy atom. The number of hydrogen-bond donors (Lipinski definition) is 1. The highest BCUT2D eigenvalue weighted by Gasteiger charge is 2.30. The van der Waals surface area contributed by atoms with E-state index in [1.807, 2.05) is 13.0 Å². The molecule has 0 saturated heterocycles. The zero-order chi connectivity index (χ0) is 21.4. The Morgan fingerprint density at radius 3 is 2.74 bits per heavy atom. The molecule has 0 radical (unpaired) electrons. The van der Waals surface area contributed by atoms with Gasteiger partial charge in [-0.25, -0.2) is 19.9 Å². The van der Waals surface area contributed by atoms with Crippen LogP contribution < -0.4 is 4.74 Å². The van der Waals surface area contributed by atoms with Crippen LogP contribution in [0.3, 0.4) is 0 Å². The van der Waals surface area contributed by atoms with Crippen LogP contribution >= 0.6 is 0 Å². The van der Waals surface area contributed by atoms with Crippen molar-refractivity contribution >= 4 is 16.8 Å². The molecule has 1 saturated carbocycles. The number of carbonyl (C=O) groups excluding carboxylic acids is 1. The smallest absolute Gasteiger partial charge is 0.224 e. The van der Waals surface area contributed by atoms with Crippen LogP contribution in [-0.2, 0) is 6.42 Å². The van der Waals surface area contributed by atoms with E-state index in [1.165, 1.54) is 12.4 Å². The highest BCUT2D eigenvalue weighted by atomic mass is 19.1. The first-order valence-corrected chi connectivity index (χ1v) is 10.2. The number of aromatic nitrogens is 5. The molecule has 0 aromatic carbocycles. The van der Waals surface area contributed by atoms with Gasteiger partial charge in [0.25, 0.3) is 0 Å². The maximum absolute atomic E-state index is 14.8. The summed E-state index contributed by atoms with van der Waals surface area (Å²) in [5.74, 6) is -0.344. The summed E-state index contributed by atoms with van der Waals surface area (Å²) in [6.07, 6.45) is 7.22. The minimum Gasteiger partial charge on any atom is -0.478 e. The quantitative estimate of drug-likeness (QED) is 0.361. The second kappa shape index (κ2) is 7.86. The number of ether oxygens (including phenoxy) is 1. The first-order valence-electron chi connectivity index (χ1n) is 10.2. The minimum atomic E-state index is -0.791. The summed E-state index contributed by atoms with van der Waals surface area (Å²) in [7, 11) is 0. The Morgan fingerprint density at radius 1 is 1.16 bits per heavy atom. The molecule has 1 N–H and O–H groups in total. The molecule has 0 spiro atoms. The fraction of sp³-hybridized carbons (Fsp3) is 0.261. The van der Waals surface area contributed by atoms with E-state index in [-0.39, 0.29) is 5.56 Å². The number of aromatic amines is 1. The maximum atomic E-state index is 14.8. The highest BCUT2D eigenvalue weighted by molar-refractivity contribution is 6.16. The first-order chi connectivity index (χ1) is 15.1. The molecule has 156 valence electrons. The molecule has 8 heteroatoms. The Bertz CT molecular complexity index is 1260. The van der Waals surface area contributed by atoms with Crippen molar-refractivity contribution in [2.75, 3.05) is 6.61 Å². The van der Waals surface area contributed by atoms with Crippen LogP contribution in [-0.4, -0.2) is 37.3 Å². The van der Waals surface area contributed by atoms with Crippen molar-refractivity contribution in [3.05, 3.63) is 77.0 Å². The lowest BCUT2D eigenvalue weighted by Gasteiger charge is -2.07. The van der Waals surface area contributed by atoms with Gasteiger partial charge in [-0.3, -0.25) is 4.79 Å². The third-order valence-electron chi connectivity index (χ3n) is 5.33. The average Bonchev–Trinajstić information content (AvgIpc) is 3.53. The van der Waals surface area contributed by atoms with E-state index in [9.17, 15) is 9.18 Å². The lowest BCUT2D eigenvalue weighted by molar-refractivity contribution is 0.103. The molecule has 0 unspecified atom stereocenters. The van der Waals surface area contributed by atoms with Crippen LogP contribution in [0.5, 0.6) is 5.88 Å². The average molecular weight is 417 g/mol. The fourth-order valence-corrected chi connectivity index (χ4v) is 3.67. The number of nitrogens with zero attached hydrogens (tertiary/aromatic N) is 4. The molecule has 0 amide bonds. The molecule has 1 aliphatic rings. The molecule has 4 heterocycles. The van der Waals surface area contributed by atoms with E-state index in [0.29, 0.717) is 47.1 Å². The predicted octanol–water partition coefficient (Wildman–Crippen LogP) is 3.98.